The van der Waals surface area contributed by atoms with Crippen LogP contribution < -0.4 is 15.2 Å². The van der Waals surface area contributed by atoms with Crippen molar-refractivity contribution in [3.63, 3.8) is 0 Å². The van der Waals surface area contributed by atoms with Crippen LogP contribution in [0.25, 0.3) is 0 Å². The molecule has 1 aliphatic rings. The average Bonchev–Trinajstić information content (AvgIpc) is 3.05. The zero-order chi connectivity index (χ0) is 18.4. The maximum absolute atomic E-state index is 12.4. The van der Waals surface area contributed by atoms with E-state index in [0.29, 0.717) is 11.5 Å². The number of hydrogen-bond donors (Lipinski definition) is 1. The van der Waals surface area contributed by atoms with E-state index in [0.717, 1.165) is 17.3 Å². The van der Waals surface area contributed by atoms with Crippen LogP contribution in [0.5, 0.6) is 11.5 Å². The fourth-order valence-corrected chi connectivity index (χ4v) is 2.94. The lowest BCUT2D eigenvalue weighted by atomic mass is 10.1. The zero-order valence-electron chi connectivity index (χ0n) is 13.9. The predicted molar refractivity (Wildman–Crippen MR) is 89.3 cm³/mol. The minimum Gasteiger partial charge on any atom is -0.468 e. The molecule has 25 heavy (non-hydrogen) atoms. The van der Waals surface area contributed by atoms with Crippen LogP contribution in [0.3, 0.4) is 0 Å². The highest BCUT2D eigenvalue weighted by Gasteiger charge is 2.26. The molecule has 0 saturated heterocycles. The van der Waals surface area contributed by atoms with Crippen LogP contribution in [0, 0.1) is 0 Å². The highest BCUT2D eigenvalue weighted by molar-refractivity contribution is 8.13. The van der Waals surface area contributed by atoms with Crippen molar-refractivity contribution in [1.29, 1.82) is 0 Å². The number of ether oxygens (including phenoxy) is 4. The number of fused-ring (bicyclic) bond motifs is 1. The van der Waals surface area contributed by atoms with Crippen molar-refractivity contribution in [3.8, 4) is 11.5 Å². The molecule has 2 rings (SSSR count). The molecule has 2 N–H and O–H groups in total. The standard InChI is InChI=1S/C16H19NO7S/c1-9(18)24-14(16(20)25-7-11(17)15(19)21-2)6-10-3-4-12-13(5-10)23-8-22-12/h3-5,11,14H,6-8,17H2,1-2H3/t11-,14?/m0/s1. The summed E-state index contributed by atoms with van der Waals surface area (Å²) in [7, 11) is 1.22. The van der Waals surface area contributed by atoms with Crippen LogP contribution in [0.2, 0.25) is 0 Å². The number of thioether (sulfide) groups is 1. The van der Waals surface area contributed by atoms with Gasteiger partial charge in [0.1, 0.15) is 6.04 Å². The first-order valence-corrected chi connectivity index (χ1v) is 8.45. The van der Waals surface area contributed by atoms with Crippen molar-refractivity contribution in [2.24, 2.45) is 5.73 Å². The molecule has 0 aromatic heterocycles. The molecule has 2 atom stereocenters. The molecule has 1 aliphatic heterocycles. The summed E-state index contributed by atoms with van der Waals surface area (Å²) in [5.74, 6) is 0.0474. The Balaban J connectivity index is 2.01. The van der Waals surface area contributed by atoms with Gasteiger partial charge in [-0.25, -0.2) is 0 Å². The van der Waals surface area contributed by atoms with E-state index in [1.165, 1.54) is 14.0 Å². The second kappa shape index (κ2) is 8.72. The largest absolute Gasteiger partial charge is 0.468 e. The Morgan fingerprint density at radius 2 is 2.00 bits per heavy atom. The van der Waals surface area contributed by atoms with Gasteiger partial charge in [0, 0.05) is 19.1 Å². The second-order valence-electron chi connectivity index (χ2n) is 5.25. The molecule has 0 aliphatic carbocycles. The lowest BCUT2D eigenvalue weighted by Crippen LogP contribution is -2.35. The molecule has 0 amide bonds. The number of hydrogen-bond acceptors (Lipinski definition) is 9. The van der Waals surface area contributed by atoms with Gasteiger partial charge in [-0.2, -0.15) is 0 Å². The maximum Gasteiger partial charge on any atom is 0.323 e. The summed E-state index contributed by atoms with van der Waals surface area (Å²) in [6.07, 6.45) is -0.817. The van der Waals surface area contributed by atoms with Gasteiger partial charge in [0.25, 0.3) is 0 Å². The van der Waals surface area contributed by atoms with Crippen molar-refractivity contribution < 1.29 is 33.3 Å². The molecule has 1 unspecified atom stereocenters. The number of rotatable bonds is 7. The second-order valence-corrected chi connectivity index (χ2v) is 6.27. The highest BCUT2D eigenvalue weighted by atomic mass is 32.2. The Labute approximate surface area is 148 Å². The van der Waals surface area contributed by atoms with Crippen LogP contribution in [-0.2, 0) is 30.3 Å². The summed E-state index contributed by atoms with van der Waals surface area (Å²) in [5.41, 5.74) is 6.36. The van der Waals surface area contributed by atoms with E-state index in [2.05, 4.69) is 4.74 Å². The summed E-state index contributed by atoms with van der Waals surface area (Å²) < 4.78 is 20.1. The average molecular weight is 369 g/mol. The number of carbonyl (C=O) groups excluding carboxylic acids is 3. The fraction of sp³-hybridized carbons (Fsp3) is 0.438. The molecule has 0 radical (unpaired) electrons. The van der Waals surface area contributed by atoms with E-state index in [1.54, 1.807) is 18.2 Å². The van der Waals surface area contributed by atoms with E-state index >= 15 is 0 Å². The summed E-state index contributed by atoms with van der Waals surface area (Å²) >= 11 is 0.825. The van der Waals surface area contributed by atoms with Gasteiger partial charge in [-0.05, 0) is 17.7 Å². The Hall–Kier alpha value is -2.26. The molecule has 0 fully saturated rings. The minimum atomic E-state index is -0.993. The van der Waals surface area contributed by atoms with Gasteiger partial charge in [-0.3, -0.25) is 14.4 Å². The maximum atomic E-state index is 12.4. The first-order chi connectivity index (χ1) is 11.9. The molecular weight excluding hydrogens is 350 g/mol. The van der Waals surface area contributed by atoms with Crippen molar-refractivity contribution >= 4 is 28.8 Å². The van der Waals surface area contributed by atoms with E-state index in [1.807, 2.05) is 0 Å². The van der Waals surface area contributed by atoms with Gasteiger partial charge in [0.15, 0.2) is 17.6 Å². The fourth-order valence-electron chi connectivity index (χ4n) is 2.14. The highest BCUT2D eigenvalue weighted by Crippen LogP contribution is 2.33. The van der Waals surface area contributed by atoms with Gasteiger partial charge in [0.05, 0.1) is 7.11 Å². The first-order valence-electron chi connectivity index (χ1n) is 7.46. The lowest BCUT2D eigenvalue weighted by molar-refractivity contribution is -0.150. The van der Waals surface area contributed by atoms with E-state index in [9.17, 15) is 14.4 Å². The van der Waals surface area contributed by atoms with E-state index in [-0.39, 0.29) is 19.0 Å². The van der Waals surface area contributed by atoms with Crippen LogP contribution >= 0.6 is 11.8 Å². The predicted octanol–water partition coefficient (Wildman–Crippen LogP) is 0.650. The quantitative estimate of drug-likeness (QED) is 0.692. The SMILES string of the molecule is COC(=O)[C@@H](N)CSC(=O)C(Cc1ccc2c(c1)OCO2)OC(C)=O. The number of carbonyl (C=O) groups is 3. The van der Waals surface area contributed by atoms with E-state index in [4.69, 9.17) is 19.9 Å². The Kier molecular flexibility index (Phi) is 6.65. The van der Waals surface area contributed by atoms with Gasteiger partial charge < -0.3 is 24.7 Å². The van der Waals surface area contributed by atoms with Crippen molar-refractivity contribution in [2.45, 2.75) is 25.5 Å². The Morgan fingerprint density at radius 3 is 2.68 bits per heavy atom. The van der Waals surface area contributed by atoms with Gasteiger partial charge in [0.2, 0.25) is 11.9 Å². The first kappa shape index (κ1) is 19.1. The number of benzene rings is 1. The lowest BCUT2D eigenvalue weighted by Gasteiger charge is -2.16. The van der Waals surface area contributed by atoms with Crippen LogP contribution in [-0.4, -0.2) is 48.9 Å². The van der Waals surface area contributed by atoms with Gasteiger partial charge in [-0.15, -0.1) is 0 Å². The van der Waals surface area contributed by atoms with Crippen LogP contribution in [0.1, 0.15) is 12.5 Å². The Morgan fingerprint density at radius 1 is 1.28 bits per heavy atom. The Bertz CT molecular complexity index is 664. The number of methoxy groups -OCH3 is 1. The third-order valence-corrected chi connectivity index (χ3v) is 4.41. The summed E-state index contributed by atoms with van der Waals surface area (Å²) in [6.45, 7) is 1.37. The van der Waals surface area contributed by atoms with Crippen LogP contribution in [0.4, 0.5) is 0 Å². The summed E-state index contributed by atoms with van der Waals surface area (Å²) in [5, 5.41) is -0.396. The van der Waals surface area contributed by atoms with Crippen LogP contribution in [0.15, 0.2) is 18.2 Å². The third-order valence-electron chi connectivity index (χ3n) is 3.34. The third kappa shape index (κ3) is 5.36. The topological polar surface area (TPSA) is 114 Å². The van der Waals surface area contributed by atoms with Gasteiger partial charge >= 0.3 is 11.9 Å². The molecular formula is C16H19NO7S. The number of nitrogens with two attached hydrogens (primary N) is 1. The normalized spacial score (nSPS) is 14.5. The zero-order valence-corrected chi connectivity index (χ0v) is 14.7. The van der Waals surface area contributed by atoms with E-state index < -0.39 is 29.2 Å². The van der Waals surface area contributed by atoms with Crippen molar-refractivity contribution in [2.75, 3.05) is 19.7 Å². The number of esters is 2. The van der Waals surface area contributed by atoms with Gasteiger partial charge in [-0.1, -0.05) is 17.8 Å². The van der Waals surface area contributed by atoms with Crippen molar-refractivity contribution in [1.82, 2.24) is 0 Å². The minimum absolute atomic E-state index is 0.0322. The molecule has 0 bridgehead atoms. The monoisotopic (exact) mass is 369 g/mol. The molecule has 0 spiro atoms. The smallest absolute Gasteiger partial charge is 0.323 e. The summed E-state index contributed by atoms with van der Waals surface area (Å²) in [4.78, 5) is 34.9. The molecule has 136 valence electrons. The molecule has 1 heterocycles. The van der Waals surface area contributed by atoms with Crippen molar-refractivity contribution in [3.05, 3.63) is 23.8 Å². The molecule has 1 aromatic carbocycles. The molecule has 8 nitrogen and oxygen atoms in total. The molecule has 0 saturated carbocycles. The molecule has 1 aromatic rings. The molecule has 9 heteroatoms. The summed E-state index contributed by atoms with van der Waals surface area (Å²) in [6, 6.07) is 4.30.